The summed E-state index contributed by atoms with van der Waals surface area (Å²) in [5.74, 6) is -1.76. The Bertz CT molecular complexity index is 843. The van der Waals surface area contributed by atoms with Crippen molar-refractivity contribution in [1.82, 2.24) is 9.78 Å². The minimum Gasteiger partial charge on any atom is -0.462 e. The molecule has 0 unspecified atom stereocenters. The Morgan fingerprint density at radius 2 is 2.08 bits per heavy atom. The van der Waals surface area contributed by atoms with Gasteiger partial charge in [-0.3, -0.25) is 14.3 Å². The van der Waals surface area contributed by atoms with E-state index in [-0.39, 0.29) is 22.0 Å². The number of halogens is 1. The van der Waals surface area contributed by atoms with Gasteiger partial charge < -0.3 is 15.8 Å². The Kier molecular flexibility index (Phi) is 5.96. The van der Waals surface area contributed by atoms with Gasteiger partial charge in [-0.15, -0.1) is 11.3 Å². The second-order valence-electron chi connectivity index (χ2n) is 4.96. The molecule has 0 aliphatic heterocycles. The third-order valence-electron chi connectivity index (χ3n) is 3.39. The number of thiophene rings is 1. The molecule has 0 atom stereocenters. The molecule has 8 nitrogen and oxygen atoms in total. The van der Waals surface area contributed by atoms with Gasteiger partial charge in [-0.2, -0.15) is 5.10 Å². The average Bonchev–Trinajstić information content (AvgIpc) is 3.07. The lowest BCUT2D eigenvalue weighted by Gasteiger charge is -2.07. The molecule has 2 heterocycles. The molecule has 3 N–H and O–H groups in total. The van der Waals surface area contributed by atoms with Gasteiger partial charge in [0.15, 0.2) is 0 Å². The van der Waals surface area contributed by atoms with Crippen molar-refractivity contribution in [3.05, 3.63) is 32.4 Å². The first kappa shape index (κ1) is 19.1. The lowest BCUT2D eigenvalue weighted by molar-refractivity contribution is 0.0531. The Balaban J connectivity index is 2.43. The van der Waals surface area contributed by atoms with E-state index in [9.17, 15) is 14.4 Å². The molecular formula is C15H17BrN4O4S. The Labute approximate surface area is 156 Å². The van der Waals surface area contributed by atoms with Crippen LogP contribution in [0.3, 0.4) is 0 Å². The number of amides is 2. The number of carbonyl (C=O) groups is 3. The second-order valence-corrected chi connectivity index (χ2v) is 6.83. The van der Waals surface area contributed by atoms with Gasteiger partial charge in [0.25, 0.3) is 11.8 Å². The molecule has 0 aliphatic rings. The number of rotatable bonds is 6. The minimum atomic E-state index is -0.734. The van der Waals surface area contributed by atoms with Crippen LogP contribution in [-0.2, 0) is 11.3 Å². The molecule has 2 amide bonds. The molecule has 2 rings (SSSR count). The van der Waals surface area contributed by atoms with Gasteiger partial charge in [-0.1, -0.05) is 0 Å². The average molecular weight is 429 g/mol. The zero-order valence-corrected chi connectivity index (χ0v) is 16.3. The fourth-order valence-electron chi connectivity index (χ4n) is 2.28. The molecule has 0 aliphatic carbocycles. The maximum Gasteiger partial charge on any atom is 0.348 e. The third kappa shape index (κ3) is 3.74. The third-order valence-corrected chi connectivity index (χ3v) is 5.16. The summed E-state index contributed by atoms with van der Waals surface area (Å²) in [4.78, 5) is 36.7. The van der Waals surface area contributed by atoms with Crippen LogP contribution in [0.25, 0.3) is 0 Å². The molecular weight excluding hydrogens is 412 g/mol. The number of anilines is 1. The highest BCUT2D eigenvalue weighted by atomic mass is 79.9. The normalized spacial score (nSPS) is 10.6. The number of nitrogens with zero attached hydrogens (tertiary/aromatic N) is 2. The number of nitrogens with two attached hydrogens (primary N) is 1. The van der Waals surface area contributed by atoms with Crippen molar-refractivity contribution in [3.63, 3.8) is 0 Å². The van der Waals surface area contributed by atoms with Crippen LogP contribution < -0.4 is 11.1 Å². The van der Waals surface area contributed by atoms with Crippen molar-refractivity contribution in [2.75, 3.05) is 11.9 Å². The molecule has 0 saturated heterocycles. The van der Waals surface area contributed by atoms with Crippen LogP contribution in [0.5, 0.6) is 0 Å². The summed E-state index contributed by atoms with van der Waals surface area (Å²) in [6.45, 7) is 5.81. The molecule has 0 saturated carbocycles. The molecule has 0 bridgehead atoms. The zero-order valence-electron chi connectivity index (χ0n) is 13.9. The number of carbonyl (C=O) groups excluding carboxylic acids is 3. The molecule has 10 heteroatoms. The van der Waals surface area contributed by atoms with Gasteiger partial charge in [0.05, 0.1) is 22.8 Å². The first-order valence-corrected chi connectivity index (χ1v) is 9.05. The van der Waals surface area contributed by atoms with Crippen molar-refractivity contribution >= 4 is 50.1 Å². The highest BCUT2D eigenvalue weighted by Crippen LogP contribution is 2.34. The van der Waals surface area contributed by atoms with Crippen LogP contribution in [0.1, 0.15) is 49.9 Å². The Hall–Kier alpha value is -2.20. The van der Waals surface area contributed by atoms with E-state index in [1.807, 2.05) is 6.92 Å². The number of primary amides is 1. The largest absolute Gasteiger partial charge is 0.462 e. The number of hydrogen-bond acceptors (Lipinski definition) is 6. The van der Waals surface area contributed by atoms with E-state index in [1.54, 1.807) is 13.8 Å². The number of nitrogens with one attached hydrogen (secondary N) is 1. The maximum absolute atomic E-state index is 12.6. The van der Waals surface area contributed by atoms with E-state index in [1.165, 1.54) is 10.9 Å². The number of ether oxygens (including phenoxy) is 1. The van der Waals surface area contributed by atoms with E-state index >= 15 is 0 Å². The first-order valence-electron chi connectivity index (χ1n) is 7.44. The standard InChI is InChI=1S/C15H17BrN4O4S/c1-4-20-10(8(16)6-18-20)13(22)19-14-9(12(17)21)7(3)11(25-14)15(23)24-5-2/h6H,4-5H2,1-3H3,(H2,17,21)(H,19,22). The van der Waals surface area contributed by atoms with Gasteiger partial charge in [0.1, 0.15) is 15.6 Å². The second kappa shape index (κ2) is 7.79. The minimum absolute atomic E-state index is 0.0973. The van der Waals surface area contributed by atoms with E-state index in [0.717, 1.165) is 11.3 Å². The topological polar surface area (TPSA) is 116 Å². The Morgan fingerprint density at radius 1 is 1.40 bits per heavy atom. The molecule has 0 aromatic carbocycles. The fourth-order valence-corrected chi connectivity index (χ4v) is 3.86. The predicted octanol–water partition coefficient (Wildman–Crippen LogP) is 2.56. The van der Waals surface area contributed by atoms with Crippen molar-refractivity contribution < 1.29 is 19.1 Å². The number of aryl methyl sites for hydroxylation is 1. The van der Waals surface area contributed by atoms with E-state index < -0.39 is 17.8 Å². The predicted molar refractivity (Wildman–Crippen MR) is 97.1 cm³/mol. The highest BCUT2D eigenvalue weighted by molar-refractivity contribution is 9.10. The van der Waals surface area contributed by atoms with Crippen LogP contribution in [-0.4, -0.2) is 34.2 Å². The Morgan fingerprint density at radius 3 is 2.64 bits per heavy atom. The van der Waals surface area contributed by atoms with E-state index in [4.69, 9.17) is 10.5 Å². The van der Waals surface area contributed by atoms with Crippen LogP contribution >= 0.6 is 27.3 Å². The molecule has 2 aromatic rings. The van der Waals surface area contributed by atoms with Gasteiger partial charge in [-0.05, 0) is 42.3 Å². The van der Waals surface area contributed by atoms with Crippen LogP contribution in [0, 0.1) is 6.92 Å². The van der Waals surface area contributed by atoms with Gasteiger partial charge in [0.2, 0.25) is 0 Å². The zero-order chi connectivity index (χ0) is 18.7. The highest BCUT2D eigenvalue weighted by Gasteiger charge is 2.26. The van der Waals surface area contributed by atoms with Crippen molar-refractivity contribution in [2.24, 2.45) is 5.73 Å². The number of esters is 1. The number of hydrogen-bond donors (Lipinski definition) is 2. The fraction of sp³-hybridized carbons (Fsp3) is 0.333. The monoisotopic (exact) mass is 428 g/mol. The number of aromatic nitrogens is 2. The van der Waals surface area contributed by atoms with Crippen LogP contribution in [0.15, 0.2) is 10.7 Å². The summed E-state index contributed by atoms with van der Waals surface area (Å²) in [5.41, 5.74) is 6.21. The van der Waals surface area contributed by atoms with E-state index in [0.29, 0.717) is 22.3 Å². The van der Waals surface area contributed by atoms with Crippen molar-refractivity contribution in [3.8, 4) is 0 Å². The SMILES string of the molecule is CCOC(=O)c1sc(NC(=O)c2c(Br)cnn2CC)c(C(N)=O)c1C. The summed E-state index contributed by atoms with van der Waals surface area (Å²) in [5, 5.41) is 6.93. The molecule has 134 valence electrons. The first-order chi connectivity index (χ1) is 11.8. The lowest BCUT2D eigenvalue weighted by atomic mass is 10.1. The molecule has 2 aromatic heterocycles. The van der Waals surface area contributed by atoms with Gasteiger partial charge >= 0.3 is 5.97 Å². The van der Waals surface area contributed by atoms with Gasteiger partial charge in [0, 0.05) is 6.54 Å². The molecule has 0 radical (unpaired) electrons. The summed E-state index contributed by atoms with van der Waals surface area (Å²) >= 11 is 4.23. The van der Waals surface area contributed by atoms with Crippen molar-refractivity contribution in [1.29, 1.82) is 0 Å². The van der Waals surface area contributed by atoms with E-state index in [2.05, 4.69) is 26.3 Å². The molecule has 0 fully saturated rings. The summed E-state index contributed by atoms with van der Waals surface area (Å²) in [7, 11) is 0. The summed E-state index contributed by atoms with van der Waals surface area (Å²) in [6, 6.07) is 0. The van der Waals surface area contributed by atoms with Crippen molar-refractivity contribution in [2.45, 2.75) is 27.3 Å². The molecule has 25 heavy (non-hydrogen) atoms. The smallest absolute Gasteiger partial charge is 0.348 e. The van der Waals surface area contributed by atoms with Crippen LogP contribution in [0.2, 0.25) is 0 Å². The summed E-state index contributed by atoms with van der Waals surface area (Å²) < 4.78 is 7.00. The quantitative estimate of drug-likeness (QED) is 0.685. The summed E-state index contributed by atoms with van der Waals surface area (Å²) in [6.07, 6.45) is 1.51. The lowest BCUT2D eigenvalue weighted by Crippen LogP contribution is -2.20. The van der Waals surface area contributed by atoms with Crippen LogP contribution in [0.4, 0.5) is 5.00 Å². The molecule has 0 spiro atoms. The van der Waals surface area contributed by atoms with Gasteiger partial charge in [-0.25, -0.2) is 4.79 Å². The maximum atomic E-state index is 12.6.